The molecule has 1 aliphatic rings. The fourth-order valence-corrected chi connectivity index (χ4v) is 5.39. The Morgan fingerprint density at radius 2 is 1.44 bits per heavy atom. The standard InChI is InChI=1S/C32H22N4O3/c1-35-18-25(21-12-6-8-14-27(21)35)30(37)23(16-33)29-24(17-34)31(39-32(29,38)20-10-4-3-5-11-20)26-19-36(2)28-15-9-7-13-22(26)28/h3-15,18-19,38H,1-2H3/b29-23+. The molecule has 0 aliphatic carbocycles. The number of aliphatic hydroxyl groups is 1. The van der Waals surface area contributed by atoms with Gasteiger partial charge in [-0.15, -0.1) is 0 Å². The molecule has 1 unspecified atom stereocenters. The average molecular weight is 511 g/mol. The fraction of sp³-hybridized carbons (Fsp3) is 0.0938. The van der Waals surface area contributed by atoms with Crippen LogP contribution in [0.3, 0.4) is 0 Å². The molecule has 0 fully saturated rings. The maximum absolute atomic E-state index is 14.0. The first-order chi connectivity index (χ1) is 18.9. The largest absolute Gasteiger partial charge is 0.452 e. The van der Waals surface area contributed by atoms with Gasteiger partial charge < -0.3 is 19.0 Å². The summed E-state index contributed by atoms with van der Waals surface area (Å²) in [6, 6.07) is 27.6. The van der Waals surface area contributed by atoms with E-state index in [0.29, 0.717) is 22.1 Å². The van der Waals surface area contributed by atoms with Crippen molar-refractivity contribution >= 4 is 33.3 Å². The highest BCUT2D eigenvalue weighted by Gasteiger charge is 2.50. The third-order valence-corrected chi connectivity index (χ3v) is 7.21. The summed E-state index contributed by atoms with van der Waals surface area (Å²) in [5.74, 6) is -2.74. The summed E-state index contributed by atoms with van der Waals surface area (Å²) in [6.45, 7) is 0. The van der Waals surface area contributed by atoms with Crippen LogP contribution in [-0.4, -0.2) is 20.0 Å². The van der Waals surface area contributed by atoms with Crippen LogP contribution >= 0.6 is 0 Å². The summed E-state index contributed by atoms with van der Waals surface area (Å²) >= 11 is 0. The van der Waals surface area contributed by atoms with Crippen LogP contribution in [0, 0.1) is 22.7 Å². The number of carbonyl (C=O) groups excluding carboxylic acids is 1. The maximum Gasteiger partial charge on any atom is 0.264 e. The highest BCUT2D eigenvalue weighted by molar-refractivity contribution is 6.19. The molecule has 6 rings (SSSR count). The minimum Gasteiger partial charge on any atom is -0.452 e. The Kier molecular flexibility index (Phi) is 5.46. The second-order valence-electron chi connectivity index (χ2n) is 9.46. The van der Waals surface area contributed by atoms with E-state index in [1.807, 2.05) is 73.4 Å². The van der Waals surface area contributed by atoms with Crippen molar-refractivity contribution < 1.29 is 14.6 Å². The Bertz CT molecular complexity index is 1960. The van der Waals surface area contributed by atoms with E-state index in [9.17, 15) is 20.4 Å². The molecular weight excluding hydrogens is 488 g/mol. The molecule has 0 saturated carbocycles. The molecule has 7 nitrogen and oxygen atoms in total. The van der Waals surface area contributed by atoms with Gasteiger partial charge in [0.15, 0.2) is 5.76 Å². The molecule has 2 aromatic heterocycles. The highest BCUT2D eigenvalue weighted by Crippen LogP contribution is 2.50. The van der Waals surface area contributed by atoms with Gasteiger partial charge in [-0.1, -0.05) is 66.7 Å². The molecule has 0 radical (unpaired) electrons. The number of hydrogen-bond acceptors (Lipinski definition) is 5. The van der Waals surface area contributed by atoms with E-state index in [-0.39, 0.29) is 22.5 Å². The highest BCUT2D eigenvalue weighted by atomic mass is 16.6. The number of ether oxygens (including phenoxy) is 1. The zero-order chi connectivity index (χ0) is 27.3. The molecule has 0 bridgehead atoms. The number of Topliss-reactive ketones (excluding diaryl/α,β-unsaturated/α-hetero) is 1. The Labute approximate surface area is 224 Å². The third kappa shape index (κ3) is 3.49. The molecule has 39 heavy (non-hydrogen) atoms. The Balaban J connectivity index is 1.67. The van der Waals surface area contributed by atoms with Crippen LogP contribution in [0.25, 0.3) is 27.6 Å². The lowest BCUT2D eigenvalue weighted by Gasteiger charge is -2.26. The van der Waals surface area contributed by atoms with Gasteiger partial charge in [-0.25, -0.2) is 0 Å². The summed E-state index contributed by atoms with van der Waals surface area (Å²) in [4.78, 5) is 14.0. The van der Waals surface area contributed by atoms with Gasteiger partial charge in [0, 0.05) is 65.0 Å². The van der Waals surface area contributed by atoms with Gasteiger partial charge >= 0.3 is 0 Å². The number of hydrogen-bond donors (Lipinski definition) is 1. The van der Waals surface area contributed by atoms with Crippen LogP contribution in [0.4, 0.5) is 0 Å². The fourth-order valence-electron chi connectivity index (χ4n) is 5.39. The molecule has 5 aromatic rings. The zero-order valence-corrected chi connectivity index (χ0v) is 21.2. The molecule has 1 atom stereocenters. The van der Waals surface area contributed by atoms with Crippen LogP contribution in [-0.2, 0) is 24.6 Å². The number of carbonyl (C=O) groups is 1. The predicted molar refractivity (Wildman–Crippen MR) is 147 cm³/mol. The first kappa shape index (κ1) is 24.0. The zero-order valence-electron chi connectivity index (χ0n) is 21.2. The van der Waals surface area contributed by atoms with E-state index in [1.165, 1.54) is 0 Å². The summed E-state index contributed by atoms with van der Waals surface area (Å²) in [5.41, 5.74) is 2.28. The quantitative estimate of drug-likeness (QED) is 0.196. The van der Waals surface area contributed by atoms with E-state index in [1.54, 1.807) is 47.2 Å². The second kappa shape index (κ2) is 8.88. The summed E-state index contributed by atoms with van der Waals surface area (Å²) < 4.78 is 9.95. The molecule has 0 amide bonds. The number of aryl methyl sites for hydroxylation is 2. The summed E-state index contributed by atoms with van der Waals surface area (Å²) in [6.07, 6.45) is 3.47. The molecule has 3 aromatic carbocycles. The van der Waals surface area contributed by atoms with Crippen molar-refractivity contribution in [3.63, 3.8) is 0 Å². The van der Waals surface area contributed by atoms with Crippen molar-refractivity contribution in [1.29, 1.82) is 10.5 Å². The number of rotatable bonds is 4. The lowest BCUT2D eigenvalue weighted by atomic mass is 9.86. The Hall–Kier alpha value is -5.37. The molecule has 7 heteroatoms. The van der Waals surface area contributed by atoms with Crippen molar-refractivity contribution in [2.75, 3.05) is 0 Å². The van der Waals surface area contributed by atoms with Gasteiger partial charge in [-0.2, -0.15) is 10.5 Å². The number of para-hydroxylation sites is 2. The average Bonchev–Trinajstić information content (AvgIpc) is 3.59. The van der Waals surface area contributed by atoms with Gasteiger partial charge in [0.25, 0.3) is 5.79 Å². The topological polar surface area (TPSA) is 104 Å². The number of nitrogens with zero attached hydrogens (tertiary/aromatic N) is 4. The van der Waals surface area contributed by atoms with Gasteiger partial charge in [0.05, 0.1) is 5.57 Å². The molecule has 0 saturated heterocycles. The van der Waals surface area contributed by atoms with E-state index in [2.05, 4.69) is 6.07 Å². The number of nitriles is 2. The van der Waals surface area contributed by atoms with Crippen LogP contribution in [0.1, 0.15) is 21.5 Å². The van der Waals surface area contributed by atoms with E-state index >= 15 is 0 Å². The van der Waals surface area contributed by atoms with Crippen molar-refractivity contribution in [1.82, 2.24) is 9.13 Å². The van der Waals surface area contributed by atoms with Crippen LogP contribution < -0.4 is 0 Å². The predicted octanol–water partition coefficient (Wildman–Crippen LogP) is 5.48. The number of fused-ring (bicyclic) bond motifs is 2. The summed E-state index contributed by atoms with van der Waals surface area (Å²) in [7, 11) is 3.69. The van der Waals surface area contributed by atoms with Crippen LogP contribution in [0.15, 0.2) is 108 Å². The van der Waals surface area contributed by atoms with Crippen molar-refractivity contribution in [2.45, 2.75) is 5.79 Å². The van der Waals surface area contributed by atoms with E-state index < -0.39 is 11.6 Å². The molecular formula is C32H22N4O3. The number of ketones is 1. The third-order valence-electron chi connectivity index (χ3n) is 7.21. The van der Waals surface area contributed by atoms with E-state index in [4.69, 9.17) is 4.74 Å². The summed E-state index contributed by atoms with van der Waals surface area (Å²) in [5, 5.41) is 34.4. The van der Waals surface area contributed by atoms with Gasteiger partial charge in [0.1, 0.15) is 23.3 Å². The smallest absolute Gasteiger partial charge is 0.264 e. The van der Waals surface area contributed by atoms with E-state index in [0.717, 1.165) is 16.4 Å². The first-order valence-corrected chi connectivity index (χ1v) is 12.3. The minimum absolute atomic E-state index is 0.0668. The molecule has 3 heterocycles. The van der Waals surface area contributed by atoms with Crippen molar-refractivity contribution in [2.24, 2.45) is 14.1 Å². The SMILES string of the molecule is Cn1cc(C(=O)/C(C#N)=C2\C(C#N)=C(c3cn(C)c4ccccc34)OC2(O)c2ccccc2)c2ccccc21. The van der Waals surface area contributed by atoms with Crippen molar-refractivity contribution in [3.05, 3.63) is 125 Å². The number of benzene rings is 3. The maximum atomic E-state index is 14.0. The van der Waals surface area contributed by atoms with Gasteiger partial charge in [0.2, 0.25) is 5.78 Å². The van der Waals surface area contributed by atoms with Crippen LogP contribution in [0.2, 0.25) is 0 Å². The molecule has 188 valence electrons. The van der Waals surface area contributed by atoms with Gasteiger partial charge in [-0.05, 0) is 12.1 Å². The Morgan fingerprint density at radius 1 is 0.846 bits per heavy atom. The normalized spacial score (nSPS) is 18.2. The lowest BCUT2D eigenvalue weighted by molar-refractivity contribution is -0.120. The molecule has 0 spiro atoms. The molecule has 1 aliphatic heterocycles. The van der Waals surface area contributed by atoms with Gasteiger partial charge in [-0.3, -0.25) is 4.79 Å². The van der Waals surface area contributed by atoms with Crippen molar-refractivity contribution in [3.8, 4) is 12.1 Å². The monoisotopic (exact) mass is 510 g/mol. The number of aromatic nitrogens is 2. The number of allylic oxidation sites excluding steroid dienone is 1. The Morgan fingerprint density at radius 3 is 2.10 bits per heavy atom. The second-order valence-corrected chi connectivity index (χ2v) is 9.46. The first-order valence-electron chi connectivity index (χ1n) is 12.3. The van der Waals surface area contributed by atoms with Crippen LogP contribution in [0.5, 0.6) is 0 Å². The lowest BCUT2D eigenvalue weighted by Crippen LogP contribution is -2.29. The molecule has 1 N–H and O–H groups in total. The minimum atomic E-state index is -2.25.